The second-order valence-electron chi connectivity index (χ2n) is 9.02. The normalized spacial score (nSPS) is 16.8. The van der Waals surface area contributed by atoms with E-state index in [2.05, 4.69) is 70.7 Å². The molecule has 1 unspecified atom stereocenters. The lowest BCUT2D eigenvalue weighted by Crippen LogP contribution is -2.39. The van der Waals surface area contributed by atoms with Gasteiger partial charge in [0.1, 0.15) is 17.6 Å². The van der Waals surface area contributed by atoms with E-state index < -0.39 is 0 Å². The van der Waals surface area contributed by atoms with Gasteiger partial charge >= 0.3 is 0 Å². The van der Waals surface area contributed by atoms with Crippen molar-refractivity contribution < 1.29 is 9.47 Å². The van der Waals surface area contributed by atoms with Crippen molar-refractivity contribution in [2.24, 2.45) is 0 Å². The maximum absolute atomic E-state index is 11.8. The van der Waals surface area contributed by atoms with Gasteiger partial charge in [0.15, 0.2) is 0 Å². The third kappa shape index (κ3) is 4.57. The molecule has 4 heterocycles. The first-order valence-corrected chi connectivity index (χ1v) is 12.7. The summed E-state index contributed by atoms with van der Waals surface area (Å²) < 4.78 is 12.6. The van der Waals surface area contributed by atoms with E-state index in [1.807, 2.05) is 17.4 Å². The smallest absolute Gasteiger partial charge is 0.249 e. The van der Waals surface area contributed by atoms with Crippen LogP contribution < -0.4 is 20.5 Å². The Bertz CT molecular complexity index is 1430. The number of hydrogen-bond acceptors (Lipinski definition) is 6. The van der Waals surface area contributed by atoms with Crippen molar-refractivity contribution in [1.82, 2.24) is 4.98 Å². The van der Waals surface area contributed by atoms with Crippen LogP contribution in [0.4, 0.5) is 11.4 Å². The molecule has 1 saturated heterocycles. The first-order chi connectivity index (χ1) is 17.1. The highest BCUT2D eigenvalue weighted by atomic mass is 32.1. The highest BCUT2D eigenvalue weighted by Gasteiger charge is 2.28. The number of anilines is 2. The summed E-state index contributed by atoms with van der Waals surface area (Å²) in [5.74, 6) is 1.79. The van der Waals surface area contributed by atoms with Crippen LogP contribution in [0.15, 0.2) is 71.7 Å². The molecule has 2 N–H and O–H groups in total. The number of morpholine rings is 1. The predicted octanol–water partition coefficient (Wildman–Crippen LogP) is 5.63. The maximum Gasteiger partial charge on any atom is 0.249 e. The Kier molecular flexibility index (Phi) is 5.80. The Morgan fingerprint density at radius 2 is 2.06 bits per heavy atom. The molecule has 2 aromatic carbocycles. The molecule has 0 saturated carbocycles. The molecule has 0 radical (unpaired) electrons. The summed E-state index contributed by atoms with van der Waals surface area (Å²) in [4.78, 5) is 19.3. The molecule has 6 rings (SSSR count). The van der Waals surface area contributed by atoms with Crippen LogP contribution in [0.5, 0.6) is 11.5 Å². The van der Waals surface area contributed by atoms with Gasteiger partial charge in [-0.1, -0.05) is 18.2 Å². The highest BCUT2D eigenvalue weighted by molar-refractivity contribution is 7.11. The van der Waals surface area contributed by atoms with Crippen molar-refractivity contribution in [3.63, 3.8) is 0 Å². The van der Waals surface area contributed by atoms with Gasteiger partial charge < -0.3 is 24.7 Å². The van der Waals surface area contributed by atoms with Crippen LogP contribution in [0.2, 0.25) is 0 Å². The molecular formula is C28H27N3O3S. The minimum Gasteiger partial charge on any atom is -0.456 e. The number of fused-ring (bicyclic) bond motifs is 2. The van der Waals surface area contributed by atoms with Crippen molar-refractivity contribution >= 4 is 22.7 Å². The maximum atomic E-state index is 11.8. The number of hydrogen-bond donors (Lipinski definition) is 2. The molecule has 2 aromatic heterocycles. The Balaban J connectivity index is 1.21. The van der Waals surface area contributed by atoms with Crippen LogP contribution in [0.25, 0.3) is 0 Å². The van der Waals surface area contributed by atoms with Gasteiger partial charge in [-0.15, -0.1) is 11.3 Å². The molecule has 0 bridgehead atoms. The first-order valence-electron chi connectivity index (χ1n) is 11.9. The molecule has 4 aromatic rings. The molecular weight excluding hydrogens is 458 g/mol. The lowest BCUT2D eigenvalue weighted by Gasteiger charge is -2.36. The van der Waals surface area contributed by atoms with Gasteiger partial charge in [0.25, 0.3) is 0 Å². The van der Waals surface area contributed by atoms with E-state index in [9.17, 15) is 4.79 Å². The largest absolute Gasteiger partial charge is 0.456 e. The van der Waals surface area contributed by atoms with Crippen LogP contribution in [0, 0.1) is 6.92 Å². The SMILES string of the molecule is Cc1ccc(CNc2ccc3c(c2)Cc2cccc(C4CN(c5cc[nH]c(=O)c5)CCO4)c2O3)s1. The summed E-state index contributed by atoms with van der Waals surface area (Å²) in [6, 6.07) is 20.5. The molecule has 2 aliphatic heterocycles. The minimum atomic E-state index is -0.130. The number of rotatable bonds is 5. The third-order valence-corrected chi connectivity index (χ3v) is 7.58. The predicted molar refractivity (Wildman–Crippen MR) is 140 cm³/mol. The third-order valence-electron chi connectivity index (χ3n) is 6.58. The Labute approximate surface area is 208 Å². The number of thiophene rings is 1. The number of aromatic amines is 1. The quantitative estimate of drug-likeness (QED) is 0.338. The molecule has 178 valence electrons. The van der Waals surface area contributed by atoms with E-state index in [1.165, 1.54) is 15.3 Å². The van der Waals surface area contributed by atoms with Gasteiger partial charge in [-0.05, 0) is 48.9 Å². The van der Waals surface area contributed by atoms with Crippen molar-refractivity contribution in [3.8, 4) is 11.5 Å². The van der Waals surface area contributed by atoms with Gasteiger partial charge in [-0.2, -0.15) is 0 Å². The fourth-order valence-electron chi connectivity index (χ4n) is 4.84. The second kappa shape index (κ2) is 9.24. The number of aromatic nitrogens is 1. The molecule has 35 heavy (non-hydrogen) atoms. The first kappa shape index (κ1) is 21.9. The molecule has 0 amide bonds. The Morgan fingerprint density at radius 3 is 2.91 bits per heavy atom. The van der Waals surface area contributed by atoms with Gasteiger partial charge in [0, 0.05) is 70.6 Å². The monoisotopic (exact) mass is 485 g/mol. The summed E-state index contributed by atoms with van der Waals surface area (Å²) in [7, 11) is 0. The van der Waals surface area contributed by atoms with Crippen LogP contribution in [-0.2, 0) is 17.7 Å². The lowest BCUT2D eigenvalue weighted by molar-refractivity contribution is 0.0384. The number of H-pyrrole nitrogens is 1. The zero-order chi connectivity index (χ0) is 23.8. The second-order valence-corrected chi connectivity index (χ2v) is 10.4. The van der Waals surface area contributed by atoms with E-state index in [1.54, 1.807) is 12.3 Å². The summed E-state index contributed by atoms with van der Waals surface area (Å²) in [5.41, 5.74) is 5.31. The van der Waals surface area contributed by atoms with Crippen LogP contribution in [0.3, 0.4) is 0 Å². The summed E-state index contributed by atoms with van der Waals surface area (Å²) >= 11 is 1.82. The van der Waals surface area contributed by atoms with Crippen molar-refractivity contribution in [2.45, 2.75) is 26.0 Å². The van der Waals surface area contributed by atoms with E-state index in [0.29, 0.717) is 13.2 Å². The molecule has 1 fully saturated rings. The zero-order valence-corrected chi connectivity index (χ0v) is 20.4. The average Bonchev–Trinajstić information content (AvgIpc) is 3.31. The van der Waals surface area contributed by atoms with Crippen molar-refractivity contribution in [1.29, 1.82) is 0 Å². The number of para-hydroxylation sites is 1. The van der Waals surface area contributed by atoms with Crippen LogP contribution in [0.1, 0.15) is 32.5 Å². The number of nitrogens with one attached hydrogen (secondary N) is 2. The van der Waals surface area contributed by atoms with E-state index in [4.69, 9.17) is 9.47 Å². The minimum absolute atomic E-state index is 0.0954. The highest BCUT2D eigenvalue weighted by Crippen LogP contribution is 2.43. The number of aryl methyl sites for hydroxylation is 1. The lowest BCUT2D eigenvalue weighted by atomic mass is 9.95. The molecule has 1 atom stereocenters. The van der Waals surface area contributed by atoms with Gasteiger partial charge in [-0.3, -0.25) is 4.79 Å². The van der Waals surface area contributed by atoms with Crippen LogP contribution in [-0.4, -0.2) is 24.7 Å². The molecule has 7 heteroatoms. The molecule has 0 spiro atoms. The zero-order valence-electron chi connectivity index (χ0n) is 19.5. The summed E-state index contributed by atoms with van der Waals surface area (Å²) in [6.07, 6.45) is 2.38. The van der Waals surface area contributed by atoms with Crippen molar-refractivity contribution in [2.75, 3.05) is 29.9 Å². The Hall–Kier alpha value is -3.55. The number of pyridine rings is 1. The van der Waals surface area contributed by atoms with Crippen molar-refractivity contribution in [3.05, 3.63) is 104 Å². The number of benzene rings is 2. The van der Waals surface area contributed by atoms with Gasteiger partial charge in [0.2, 0.25) is 5.56 Å². The topological polar surface area (TPSA) is 66.6 Å². The fourth-order valence-corrected chi connectivity index (χ4v) is 5.67. The average molecular weight is 486 g/mol. The van der Waals surface area contributed by atoms with Gasteiger partial charge in [-0.25, -0.2) is 0 Å². The number of ether oxygens (including phenoxy) is 2. The van der Waals surface area contributed by atoms with E-state index in [0.717, 1.165) is 53.5 Å². The van der Waals surface area contributed by atoms with Crippen LogP contribution >= 0.6 is 11.3 Å². The van der Waals surface area contributed by atoms with E-state index in [-0.39, 0.29) is 11.7 Å². The van der Waals surface area contributed by atoms with Gasteiger partial charge in [0.05, 0.1) is 6.61 Å². The molecule has 0 aliphatic carbocycles. The number of nitrogens with zero attached hydrogens (tertiary/aromatic N) is 1. The Morgan fingerprint density at radius 1 is 1.11 bits per heavy atom. The summed E-state index contributed by atoms with van der Waals surface area (Å²) in [5, 5.41) is 3.54. The molecule has 6 nitrogen and oxygen atoms in total. The standard InChI is InChI=1S/C28H27N3O3S/c1-18-5-7-23(35-18)16-30-21-6-8-25-20(14-21)13-19-3-2-4-24(28(19)34-25)26-17-31(11-12-33-26)22-9-10-29-27(32)15-22/h2-10,14-15,26,30H,11-13,16-17H2,1H3,(H,29,32). The molecule has 2 aliphatic rings. The fraction of sp³-hybridized carbons (Fsp3) is 0.250. The summed E-state index contributed by atoms with van der Waals surface area (Å²) in [6.45, 7) is 4.97. The van der Waals surface area contributed by atoms with E-state index >= 15 is 0 Å².